The summed E-state index contributed by atoms with van der Waals surface area (Å²) in [6.45, 7) is 5.98. The summed E-state index contributed by atoms with van der Waals surface area (Å²) < 4.78 is 11.1. The van der Waals surface area contributed by atoms with Crippen molar-refractivity contribution in [2.75, 3.05) is 0 Å². The monoisotopic (exact) mass is 388 g/mol. The van der Waals surface area contributed by atoms with Gasteiger partial charge in [0.25, 0.3) is 0 Å². The predicted octanol–water partition coefficient (Wildman–Crippen LogP) is 5.31. The molecule has 29 heavy (non-hydrogen) atoms. The first kappa shape index (κ1) is 20.3. The molecule has 0 bridgehead atoms. The first-order valence-electron chi connectivity index (χ1n) is 9.53. The van der Waals surface area contributed by atoms with Crippen molar-refractivity contribution in [3.8, 4) is 5.75 Å². The molecular formula is C25H24O4. The third-order valence-corrected chi connectivity index (χ3v) is 4.78. The number of Topliss-reactive ketones (excluding diaryl/α,β-unsaturated/α-hetero) is 1. The molecular weight excluding hydrogens is 364 g/mol. The average molecular weight is 388 g/mol. The number of rotatable bonds is 7. The van der Waals surface area contributed by atoms with E-state index in [1.165, 1.54) is 0 Å². The van der Waals surface area contributed by atoms with Crippen LogP contribution >= 0.6 is 0 Å². The number of ether oxygens (including phenoxy) is 2. The number of benzene rings is 3. The smallest absolute Gasteiger partial charge is 0.338 e. The Morgan fingerprint density at radius 3 is 2.14 bits per heavy atom. The fourth-order valence-corrected chi connectivity index (χ4v) is 2.84. The van der Waals surface area contributed by atoms with Gasteiger partial charge in [0.05, 0.1) is 5.56 Å². The van der Waals surface area contributed by atoms with Crippen molar-refractivity contribution in [2.24, 2.45) is 0 Å². The quantitative estimate of drug-likeness (QED) is 0.406. The fourth-order valence-electron chi connectivity index (χ4n) is 2.84. The van der Waals surface area contributed by atoms with Gasteiger partial charge in [-0.25, -0.2) is 4.79 Å². The molecule has 0 spiro atoms. The van der Waals surface area contributed by atoms with Crippen LogP contribution in [0.15, 0.2) is 72.8 Å². The topological polar surface area (TPSA) is 52.6 Å². The van der Waals surface area contributed by atoms with E-state index in [0.717, 1.165) is 16.7 Å². The van der Waals surface area contributed by atoms with Gasteiger partial charge in [-0.1, -0.05) is 42.5 Å². The van der Waals surface area contributed by atoms with Crippen LogP contribution in [0.4, 0.5) is 0 Å². The molecule has 0 amide bonds. The average Bonchev–Trinajstić information content (AvgIpc) is 2.74. The highest BCUT2D eigenvalue weighted by atomic mass is 16.5. The van der Waals surface area contributed by atoms with Crippen molar-refractivity contribution in [1.82, 2.24) is 0 Å². The van der Waals surface area contributed by atoms with Gasteiger partial charge < -0.3 is 9.47 Å². The van der Waals surface area contributed by atoms with Crippen molar-refractivity contribution in [3.05, 3.63) is 101 Å². The second kappa shape index (κ2) is 9.20. The summed E-state index contributed by atoms with van der Waals surface area (Å²) in [5.74, 6) is -0.0989. The molecule has 0 radical (unpaired) electrons. The molecule has 3 rings (SSSR count). The standard InChI is InChI=1S/C25H24O4/c1-17-9-10-22(15-18(17)2)24(26)19(3)29-25(27)21-11-13-23(14-12-21)28-16-20-7-5-4-6-8-20/h4-15,19H,16H2,1-3H3/t19-/m1/s1. The van der Waals surface area contributed by atoms with E-state index in [1.807, 2.05) is 56.3 Å². The summed E-state index contributed by atoms with van der Waals surface area (Å²) in [6.07, 6.45) is -0.862. The number of hydrogen-bond acceptors (Lipinski definition) is 4. The Labute approximate surface area is 171 Å². The van der Waals surface area contributed by atoms with Gasteiger partial charge in [0.2, 0.25) is 5.78 Å². The second-order valence-electron chi connectivity index (χ2n) is 7.01. The van der Waals surface area contributed by atoms with Crippen molar-refractivity contribution < 1.29 is 19.1 Å². The van der Waals surface area contributed by atoms with Gasteiger partial charge in [-0.2, -0.15) is 0 Å². The van der Waals surface area contributed by atoms with Crippen molar-refractivity contribution in [1.29, 1.82) is 0 Å². The summed E-state index contributed by atoms with van der Waals surface area (Å²) in [4.78, 5) is 24.9. The Kier molecular flexibility index (Phi) is 6.45. The molecule has 0 N–H and O–H groups in total. The van der Waals surface area contributed by atoms with Crippen LogP contribution in [0.5, 0.6) is 5.75 Å². The van der Waals surface area contributed by atoms with Gasteiger partial charge in [-0.15, -0.1) is 0 Å². The maximum atomic E-state index is 12.6. The van der Waals surface area contributed by atoms with Crippen LogP contribution in [0.1, 0.15) is 44.3 Å². The molecule has 0 fully saturated rings. The zero-order chi connectivity index (χ0) is 20.8. The molecule has 0 aliphatic carbocycles. The van der Waals surface area contributed by atoms with E-state index in [9.17, 15) is 9.59 Å². The van der Waals surface area contributed by atoms with Crippen LogP contribution in [0, 0.1) is 13.8 Å². The molecule has 3 aromatic carbocycles. The first-order chi connectivity index (χ1) is 13.9. The molecule has 3 aromatic rings. The Morgan fingerprint density at radius 2 is 1.48 bits per heavy atom. The highest BCUT2D eigenvalue weighted by Gasteiger charge is 2.20. The molecule has 4 nitrogen and oxygen atoms in total. The fraction of sp³-hybridized carbons (Fsp3) is 0.200. The third kappa shape index (κ3) is 5.32. The number of carbonyl (C=O) groups is 2. The minimum absolute atomic E-state index is 0.218. The maximum Gasteiger partial charge on any atom is 0.338 e. The molecule has 0 heterocycles. The van der Waals surface area contributed by atoms with Gasteiger partial charge in [-0.3, -0.25) is 4.79 Å². The van der Waals surface area contributed by atoms with Crippen molar-refractivity contribution in [2.45, 2.75) is 33.5 Å². The lowest BCUT2D eigenvalue weighted by Gasteiger charge is -2.13. The summed E-state index contributed by atoms with van der Waals surface area (Å²) in [5, 5.41) is 0. The lowest BCUT2D eigenvalue weighted by Crippen LogP contribution is -2.24. The maximum absolute atomic E-state index is 12.6. The molecule has 148 valence electrons. The van der Waals surface area contributed by atoms with E-state index in [-0.39, 0.29) is 5.78 Å². The van der Waals surface area contributed by atoms with Crippen LogP contribution in [0.2, 0.25) is 0 Å². The van der Waals surface area contributed by atoms with Crippen LogP contribution in [0.3, 0.4) is 0 Å². The summed E-state index contributed by atoms with van der Waals surface area (Å²) >= 11 is 0. The van der Waals surface area contributed by atoms with Gasteiger partial charge >= 0.3 is 5.97 Å². The summed E-state index contributed by atoms with van der Waals surface area (Å²) in [7, 11) is 0. The van der Waals surface area contributed by atoms with E-state index in [1.54, 1.807) is 37.3 Å². The van der Waals surface area contributed by atoms with Gasteiger partial charge in [0.15, 0.2) is 6.10 Å². The van der Waals surface area contributed by atoms with E-state index in [0.29, 0.717) is 23.5 Å². The van der Waals surface area contributed by atoms with Crippen LogP contribution in [-0.4, -0.2) is 17.9 Å². The Bertz CT molecular complexity index is 991. The van der Waals surface area contributed by atoms with Gasteiger partial charge in [-0.05, 0) is 67.8 Å². The number of carbonyl (C=O) groups excluding carboxylic acids is 2. The predicted molar refractivity (Wildman–Crippen MR) is 112 cm³/mol. The second-order valence-corrected chi connectivity index (χ2v) is 7.01. The highest BCUT2D eigenvalue weighted by molar-refractivity contribution is 6.01. The van der Waals surface area contributed by atoms with Crippen LogP contribution in [0.25, 0.3) is 0 Å². The molecule has 0 saturated carbocycles. The number of aryl methyl sites for hydroxylation is 2. The van der Waals surface area contributed by atoms with E-state index in [2.05, 4.69) is 0 Å². The lowest BCUT2D eigenvalue weighted by molar-refractivity contribution is 0.0318. The normalized spacial score (nSPS) is 11.6. The van der Waals surface area contributed by atoms with Crippen molar-refractivity contribution in [3.63, 3.8) is 0 Å². The number of esters is 1. The van der Waals surface area contributed by atoms with E-state index >= 15 is 0 Å². The largest absolute Gasteiger partial charge is 0.489 e. The zero-order valence-corrected chi connectivity index (χ0v) is 16.8. The summed E-state index contributed by atoms with van der Waals surface area (Å²) in [6, 6.07) is 22.0. The minimum atomic E-state index is -0.862. The third-order valence-electron chi connectivity index (χ3n) is 4.78. The molecule has 0 saturated heterocycles. The van der Waals surface area contributed by atoms with Gasteiger partial charge in [0.1, 0.15) is 12.4 Å². The SMILES string of the molecule is Cc1ccc(C(=O)[C@@H](C)OC(=O)c2ccc(OCc3ccccc3)cc2)cc1C. The minimum Gasteiger partial charge on any atom is -0.489 e. The molecule has 1 atom stereocenters. The Morgan fingerprint density at radius 1 is 0.828 bits per heavy atom. The Hall–Kier alpha value is -3.40. The molecule has 0 aliphatic heterocycles. The number of hydrogen-bond donors (Lipinski definition) is 0. The van der Waals surface area contributed by atoms with E-state index < -0.39 is 12.1 Å². The summed E-state index contributed by atoms with van der Waals surface area (Å²) in [5.41, 5.74) is 4.12. The van der Waals surface area contributed by atoms with Crippen molar-refractivity contribution >= 4 is 11.8 Å². The lowest BCUT2D eigenvalue weighted by atomic mass is 10.0. The molecule has 0 aliphatic rings. The first-order valence-corrected chi connectivity index (χ1v) is 9.53. The molecule has 0 aromatic heterocycles. The highest BCUT2D eigenvalue weighted by Crippen LogP contribution is 2.17. The van der Waals surface area contributed by atoms with Gasteiger partial charge in [0, 0.05) is 5.56 Å². The molecule has 4 heteroatoms. The van der Waals surface area contributed by atoms with Crippen LogP contribution in [-0.2, 0) is 11.3 Å². The molecule has 0 unspecified atom stereocenters. The Balaban J connectivity index is 1.58. The van der Waals surface area contributed by atoms with E-state index in [4.69, 9.17) is 9.47 Å². The zero-order valence-electron chi connectivity index (χ0n) is 16.8. The number of ketones is 1. The van der Waals surface area contributed by atoms with Crippen LogP contribution < -0.4 is 4.74 Å².